The Morgan fingerprint density at radius 1 is 1.11 bits per heavy atom. The van der Waals surface area contributed by atoms with Crippen LogP contribution in [0.3, 0.4) is 0 Å². The minimum absolute atomic E-state index is 0.0526. The summed E-state index contributed by atoms with van der Waals surface area (Å²) in [7, 11) is 1.88. The monoisotopic (exact) mass is 500 g/mol. The predicted octanol–water partition coefficient (Wildman–Crippen LogP) is 5.40. The van der Waals surface area contributed by atoms with Gasteiger partial charge in [0, 0.05) is 30.8 Å². The lowest BCUT2D eigenvalue weighted by molar-refractivity contribution is -0.137. The Morgan fingerprint density at radius 2 is 1.92 bits per heavy atom. The molecule has 3 aromatic rings. The van der Waals surface area contributed by atoms with E-state index in [2.05, 4.69) is 32.3 Å². The number of rotatable bonds is 6. The minimum atomic E-state index is -4.41. The number of hydrogen-bond acceptors (Lipinski definition) is 5. The van der Waals surface area contributed by atoms with Crippen LogP contribution in [0.1, 0.15) is 79.7 Å². The van der Waals surface area contributed by atoms with E-state index >= 15 is 0 Å². The fraction of sp³-hybridized carbons (Fsp3) is 0.500. The zero-order valence-electron chi connectivity index (χ0n) is 20.3. The van der Waals surface area contributed by atoms with Crippen LogP contribution in [0.15, 0.2) is 42.7 Å². The summed E-state index contributed by atoms with van der Waals surface area (Å²) in [4.78, 5) is 0. The summed E-state index contributed by atoms with van der Waals surface area (Å²) in [6.45, 7) is 0.0526. The van der Waals surface area contributed by atoms with Gasteiger partial charge in [0.1, 0.15) is 18.2 Å². The molecule has 1 fully saturated rings. The van der Waals surface area contributed by atoms with Gasteiger partial charge in [0.05, 0.1) is 17.8 Å². The van der Waals surface area contributed by atoms with Crippen LogP contribution in [0.4, 0.5) is 13.2 Å². The summed E-state index contributed by atoms with van der Waals surface area (Å²) in [6, 6.07) is 5.50. The molecule has 1 atom stereocenters. The van der Waals surface area contributed by atoms with Crippen molar-refractivity contribution in [1.29, 1.82) is 0 Å². The second-order valence-corrected chi connectivity index (χ2v) is 9.83. The fourth-order valence-electron chi connectivity index (χ4n) is 5.19. The highest BCUT2D eigenvalue weighted by molar-refractivity contribution is 5.65. The number of benzene rings is 1. The lowest BCUT2D eigenvalue weighted by Gasteiger charge is -2.28. The SMILES string of the molecule is Cn1c(COc2cccc(C(F)(F)F)c2)nnc1[C@H]1CC[C@H](n2cc(C3=CCC(N)CC3)cn2)CC1. The number of alkyl halides is 3. The van der Waals surface area contributed by atoms with E-state index in [4.69, 9.17) is 10.5 Å². The number of allylic oxidation sites excluding steroid dienone is 1. The first-order valence-corrected chi connectivity index (χ1v) is 12.5. The van der Waals surface area contributed by atoms with Crippen molar-refractivity contribution in [2.45, 2.75) is 75.7 Å². The minimum Gasteiger partial charge on any atom is -0.486 e. The van der Waals surface area contributed by atoms with Crippen LogP contribution in [-0.2, 0) is 19.8 Å². The second kappa shape index (κ2) is 10.1. The molecule has 0 aliphatic heterocycles. The normalized spacial score (nSPS) is 22.9. The quantitative estimate of drug-likeness (QED) is 0.490. The number of ether oxygens (including phenoxy) is 1. The van der Waals surface area contributed by atoms with Crippen LogP contribution < -0.4 is 10.5 Å². The number of halogens is 3. The van der Waals surface area contributed by atoms with Gasteiger partial charge in [-0.1, -0.05) is 12.1 Å². The summed E-state index contributed by atoms with van der Waals surface area (Å²) in [5.74, 6) is 1.90. The highest BCUT2D eigenvalue weighted by Crippen LogP contribution is 2.38. The van der Waals surface area contributed by atoms with Gasteiger partial charge in [-0.15, -0.1) is 10.2 Å². The molecule has 1 unspecified atom stereocenters. The first-order chi connectivity index (χ1) is 17.3. The molecule has 5 rings (SSSR count). The number of nitrogens with two attached hydrogens (primary N) is 1. The van der Waals surface area contributed by atoms with Gasteiger partial charge < -0.3 is 15.0 Å². The van der Waals surface area contributed by atoms with Gasteiger partial charge in [-0.3, -0.25) is 4.68 Å². The molecule has 1 aromatic carbocycles. The van der Waals surface area contributed by atoms with E-state index in [-0.39, 0.29) is 24.3 Å². The molecule has 0 radical (unpaired) electrons. The standard InChI is InChI=1S/C26H31F3N6O/c1-34-24(16-36-23-4-2-3-20(13-23)26(27,28)29)32-33-25(34)18-7-11-22(12-8-18)35-15-19(14-31-35)17-5-9-21(30)10-6-17/h2-5,13-15,18,21-22H,6-12,16,30H2,1H3/t18-,21?,22-. The Morgan fingerprint density at radius 3 is 2.64 bits per heavy atom. The van der Waals surface area contributed by atoms with Crippen molar-refractivity contribution in [1.82, 2.24) is 24.5 Å². The lowest BCUT2D eigenvalue weighted by atomic mass is 9.85. The molecule has 0 amide bonds. The van der Waals surface area contributed by atoms with Gasteiger partial charge in [-0.25, -0.2) is 0 Å². The van der Waals surface area contributed by atoms with Crippen LogP contribution in [0.25, 0.3) is 5.57 Å². The molecule has 36 heavy (non-hydrogen) atoms. The summed E-state index contributed by atoms with van der Waals surface area (Å²) in [5.41, 5.74) is 7.82. The van der Waals surface area contributed by atoms with Crippen molar-refractivity contribution < 1.29 is 17.9 Å². The Labute approximate surface area is 208 Å². The van der Waals surface area contributed by atoms with Crippen molar-refractivity contribution in [2.75, 3.05) is 0 Å². The number of aromatic nitrogens is 5. The maximum atomic E-state index is 12.9. The molecule has 2 heterocycles. The smallest absolute Gasteiger partial charge is 0.416 e. The summed E-state index contributed by atoms with van der Waals surface area (Å²) >= 11 is 0. The van der Waals surface area contributed by atoms with Crippen molar-refractivity contribution in [2.24, 2.45) is 12.8 Å². The zero-order chi connectivity index (χ0) is 25.3. The Bertz CT molecular complexity index is 1220. The topological polar surface area (TPSA) is 83.8 Å². The molecule has 192 valence electrons. The largest absolute Gasteiger partial charge is 0.486 e. The highest BCUT2D eigenvalue weighted by atomic mass is 19.4. The maximum Gasteiger partial charge on any atom is 0.416 e. The van der Waals surface area contributed by atoms with Crippen molar-refractivity contribution >= 4 is 5.57 Å². The highest BCUT2D eigenvalue weighted by Gasteiger charge is 2.31. The lowest BCUT2D eigenvalue weighted by Crippen LogP contribution is -2.21. The van der Waals surface area contributed by atoms with Crippen molar-refractivity contribution in [3.05, 3.63) is 65.5 Å². The number of nitrogens with zero attached hydrogens (tertiary/aromatic N) is 5. The summed E-state index contributed by atoms with van der Waals surface area (Å²) < 4.78 is 48.4. The Balaban J connectivity index is 1.17. The number of hydrogen-bond donors (Lipinski definition) is 1. The summed E-state index contributed by atoms with van der Waals surface area (Å²) in [6.07, 6.45) is 8.86. The maximum absolute atomic E-state index is 12.9. The van der Waals surface area contributed by atoms with E-state index in [1.54, 1.807) is 0 Å². The van der Waals surface area contributed by atoms with E-state index in [0.29, 0.717) is 11.9 Å². The predicted molar refractivity (Wildman–Crippen MR) is 129 cm³/mol. The van der Waals surface area contributed by atoms with Gasteiger partial charge in [-0.2, -0.15) is 18.3 Å². The molecular weight excluding hydrogens is 469 g/mol. The third-order valence-corrected chi connectivity index (χ3v) is 7.39. The molecule has 1 saturated carbocycles. The molecular formula is C26H31F3N6O. The molecule has 2 aliphatic carbocycles. The first-order valence-electron chi connectivity index (χ1n) is 12.5. The van der Waals surface area contributed by atoms with E-state index < -0.39 is 11.7 Å². The van der Waals surface area contributed by atoms with Crippen molar-refractivity contribution in [3.8, 4) is 5.75 Å². The van der Waals surface area contributed by atoms with Crippen LogP contribution in [0.5, 0.6) is 5.75 Å². The van der Waals surface area contributed by atoms with Gasteiger partial charge in [-0.05, 0) is 68.7 Å². The summed E-state index contributed by atoms with van der Waals surface area (Å²) in [5, 5.41) is 13.3. The molecule has 2 aromatic heterocycles. The van der Waals surface area contributed by atoms with E-state index in [9.17, 15) is 13.2 Å². The van der Waals surface area contributed by atoms with E-state index in [1.165, 1.54) is 23.3 Å². The van der Waals surface area contributed by atoms with Crippen LogP contribution in [-0.4, -0.2) is 30.6 Å². The zero-order valence-corrected chi connectivity index (χ0v) is 20.3. The average Bonchev–Trinajstić information content (AvgIpc) is 3.50. The third kappa shape index (κ3) is 5.33. The molecule has 2 aliphatic rings. The molecule has 10 heteroatoms. The Hall–Kier alpha value is -3.14. The molecule has 0 spiro atoms. The van der Waals surface area contributed by atoms with E-state index in [0.717, 1.165) is 62.9 Å². The van der Waals surface area contributed by atoms with E-state index in [1.807, 2.05) is 17.8 Å². The molecule has 2 N–H and O–H groups in total. The van der Waals surface area contributed by atoms with Gasteiger partial charge in [0.15, 0.2) is 5.82 Å². The van der Waals surface area contributed by atoms with Crippen LogP contribution >= 0.6 is 0 Å². The third-order valence-electron chi connectivity index (χ3n) is 7.39. The Kier molecular flexibility index (Phi) is 6.87. The fourth-order valence-corrected chi connectivity index (χ4v) is 5.19. The second-order valence-electron chi connectivity index (χ2n) is 9.83. The van der Waals surface area contributed by atoms with Gasteiger partial charge >= 0.3 is 6.18 Å². The molecule has 0 saturated heterocycles. The van der Waals surface area contributed by atoms with Crippen molar-refractivity contribution in [3.63, 3.8) is 0 Å². The molecule has 0 bridgehead atoms. The van der Waals surface area contributed by atoms with Gasteiger partial charge in [0.25, 0.3) is 0 Å². The van der Waals surface area contributed by atoms with Crippen LogP contribution in [0.2, 0.25) is 0 Å². The van der Waals surface area contributed by atoms with Gasteiger partial charge in [0.2, 0.25) is 0 Å². The average molecular weight is 501 g/mol. The first kappa shape index (κ1) is 24.5. The molecule has 7 nitrogen and oxygen atoms in total. The van der Waals surface area contributed by atoms with Crippen LogP contribution in [0, 0.1) is 0 Å².